The van der Waals surface area contributed by atoms with Gasteiger partial charge in [-0.1, -0.05) is 42.1 Å². The summed E-state index contributed by atoms with van der Waals surface area (Å²) in [4.78, 5) is 15.9. The van der Waals surface area contributed by atoms with Crippen molar-refractivity contribution in [3.63, 3.8) is 0 Å². The molecule has 1 aliphatic heterocycles. The average Bonchev–Trinajstić information content (AvgIpc) is 2.82. The summed E-state index contributed by atoms with van der Waals surface area (Å²) in [6, 6.07) is 9.28. The Morgan fingerprint density at radius 2 is 2.19 bits per heavy atom. The third-order valence-corrected chi connectivity index (χ3v) is 3.48. The van der Waals surface area contributed by atoms with E-state index >= 15 is 0 Å². The highest BCUT2D eigenvalue weighted by Crippen LogP contribution is 2.20. The standard InChI is InChI=1S/C11H11ClN2OS/c12-9(8-4-2-1-3-5-8)10(15)14-11-13-6-7-16-11/h1-5,9H,6-7H2,(H,13,14,15). The average molecular weight is 255 g/mol. The van der Waals surface area contributed by atoms with E-state index in [4.69, 9.17) is 11.6 Å². The molecule has 0 aromatic heterocycles. The largest absolute Gasteiger partial charge is 0.304 e. The maximum Gasteiger partial charge on any atom is 0.248 e. The molecule has 0 saturated carbocycles. The number of carbonyl (C=O) groups excluding carboxylic acids is 1. The van der Waals surface area contributed by atoms with Gasteiger partial charge in [0.05, 0.1) is 6.54 Å². The highest BCUT2D eigenvalue weighted by atomic mass is 35.5. The summed E-state index contributed by atoms with van der Waals surface area (Å²) in [6.07, 6.45) is 0. The molecule has 2 rings (SSSR count). The predicted octanol–water partition coefficient (Wildman–Crippen LogP) is 2.19. The molecule has 84 valence electrons. The first-order valence-electron chi connectivity index (χ1n) is 4.94. The number of thioether (sulfide) groups is 1. The van der Waals surface area contributed by atoms with Gasteiger partial charge in [0.25, 0.3) is 0 Å². The van der Waals surface area contributed by atoms with Crippen molar-refractivity contribution < 1.29 is 4.79 Å². The number of nitrogens with zero attached hydrogens (tertiary/aromatic N) is 1. The molecule has 0 radical (unpaired) electrons. The summed E-state index contributed by atoms with van der Waals surface area (Å²) in [6.45, 7) is 0.762. The van der Waals surface area contributed by atoms with E-state index in [1.165, 1.54) is 0 Å². The monoisotopic (exact) mass is 254 g/mol. The highest BCUT2D eigenvalue weighted by Gasteiger charge is 2.19. The van der Waals surface area contributed by atoms with Gasteiger partial charge in [0.2, 0.25) is 5.91 Å². The summed E-state index contributed by atoms with van der Waals surface area (Å²) in [5.41, 5.74) is 0.797. The Morgan fingerprint density at radius 1 is 1.44 bits per heavy atom. The molecule has 0 aliphatic carbocycles. The van der Waals surface area contributed by atoms with Gasteiger partial charge in [0.15, 0.2) is 5.17 Å². The van der Waals surface area contributed by atoms with E-state index < -0.39 is 5.38 Å². The molecule has 1 aromatic carbocycles. The Hall–Kier alpha value is -1.00. The van der Waals surface area contributed by atoms with Crippen LogP contribution in [0.4, 0.5) is 0 Å². The van der Waals surface area contributed by atoms with Crippen LogP contribution in [0, 0.1) is 0 Å². The zero-order valence-electron chi connectivity index (χ0n) is 8.52. The van der Waals surface area contributed by atoms with Crippen molar-refractivity contribution in [1.29, 1.82) is 0 Å². The molecule has 1 amide bonds. The summed E-state index contributed by atoms with van der Waals surface area (Å²) < 4.78 is 0. The normalized spacial score (nSPS) is 16.7. The lowest BCUT2D eigenvalue weighted by Gasteiger charge is -2.09. The molecular weight excluding hydrogens is 244 g/mol. The zero-order chi connectivity index (χ0) is 11.4. The molecule has 0 fully saturated rings. The summed E-state index contributed by atoms with van der Waals surface area (Å²) >= 11 is 7.60. The van der Waals surface area contributed by atoms with Gasteiger partial charge in [-0.15, -0.1) is 11.6 Å². The molecule has 1 aromatic rings. The Bertz CT molecular complexity index is 408. The summed E-state index contributed by atoms with van der Waals surface area (Å²) in [5, 5.41) is 2.73. The van der Waals surface area contributed by atoms with Gasteiger partial charge in [-0.25, -0.2) is 0 Å². The number of benzene rings is 1. The van der Waals surface area contributed by atoms with E-state index in [-0.39, 0.29) is 5.91 Å². The van der Waals surface area contributed by atoms with Crippen molar-refractivity contribution in [2.75, 3.05) is 12.3 Å². The van der Waals surface area contributed by atoms with Gasteiger partial charge in [-0.05, 0) is 5.56 Å². The van der Waals surface area contributed by atoms with Crippen molar-refractivity contribution in [3.8, 4) is 0 Å². The number of rotatable bonds is 2. The molecule has 1 atom stereocenters. The van der Waals surface area contributed by atoms with Crippen LogP contribution in [0.5, 0.6) is 0 Å². The minimum Gasteiger partial charge on any atom is -0.304 e. The van der Waals surface area contributed by atoms with E-state index in [2.05, 4.69) is 10.3 Å². The summed E-state index contributed by atoms with van der Waals surface area (Å²) in [7, 11) is 0. The fourth-order valence-electron chi connectivity index (χ4n) is 1.35. The van der Waals surface area contributed by atoms with Gasteiger partial charge >= 0.3 is 0 Å². The molecule has 1 heterocycles. The quantitative estimate of drug-likeness (QED) is 0.822. The maximum atomic E-state index is 11.8. The lowest BCUT2D eigenvalue weighted by atomic mass is 10.1. The van der Waals surface area contributed by atoms with Crippen LogP contribution in [-0.2, 0) is 4.79 Å². The zero-order valence-corrected chi connectivity index (χ0v) is 10.1. The van der Waals surface area contributed by atoms with Crippen LogP contribution in [-0.4, -0.2) is 23.4 Å². The van der Waals surface area contributed by atoms with E-state index in [0.717, 1.165) is 17.9 Å². The van der Waals surface area contributed by atoms with Crippen LogP contribution >= 0.6 is 23.4 Å². The number of amidine groups is 1. The highest BCUT2D eigenvalue weighted by molar-refractivity contribution is 8.14. The predicted molar refractivity (Wildman–Crippen MR) is 67.9 cm³/mol. The molecule has 1 unspecified atom stereocenters. The molecule has 5 heteroatoms. The fourth-order valence-corrected chi connectivity index (χ4v) is 2.28. The molecule has 16 heavy (non-hydrogen) atoms. The van der Waals surface area contributed by atoms with Gasteiger partial charge in [0.1, 0.15) is 5.38 Å². The number of carbonyl (C=O) groups is 1. The van der Waals surface area contributed by atoms with Crippen LogP contribution in [0.15, 0.2) is 35.3 Å². The first kappa shape index (κ1) is 11.5. The van der Waals surface area contributed by atoms with E-state index in [0.29, 0.717) is 5.17 Å². The van der Waals surface area contributed by atoms with Crippen LogP contribution in [0.2, 0.25) is 0 Å². The van der Waals surface area contributed by atoms with E-state index in [9.17, 15) is 4.79 Å². The third-order valence-electron chi connectivity index (χ3n) is 2.14. The number of alkyl halides is 1. The molecule has 3 nitrogen and oxygen atoms in total. The fraction of sp³-hybridized carbons (Fsp3) is 0.273. The second-order valence-electron chi connectivity index (χ2n) is 3.30. The van der Waals surface area contributed by atoms with Gasteiger partial charge in [-0.2, -0.15) is 0 Å². The van der Waals surface area contributed by atoms with Crippen LogP contribution in [0.1, 0.15) is 10.9 Å². The molecule has 0 spiro atoms. The van der Waals surface area contributed by atoms with Crippen LogP contribution in [0.3, 0.4) is 0 Å². The van der Waals surface area contributed by atoms with E-state index in [1.54, 1.807) is 11.8 Å². The second kappa shape index (κ2) is 5.37. The van der Waals surface area contributed by atoms with Gasteiger partial charge in [-0.3, -0.25) is 9.79 Å². The second-order valence-corrected chi connectivity index (χ2v) is 4.82. The molecular formula is C11H11ClN2OS. The molecule has 0 bridgehead atoms. The van der Waals surface area contributed by atoms with Crippen LogP contribution in [0.25, 0.3) is 0 Å². The number of nitrogens with one attached hydrogen (secondary N) is 1. The molecule has 1 N–H and O–H groups in total. The van der Waals surface area contributed by atoms with Crippen molar-refractivity contribution in [1.82, 2.24) is 5.32 Å². The van der Waals surface area contributed by atoms with E-state index in [1.807, 2.05) is 30.3 Å². The Kier molecular flexibility index (Phi) is 3.85. The number of halogens is 1. The van der Waals surface area contributed by atoms with Crippen molar-refractivity contribution in [2.24, 2.45) is 4.99 Å². The lowest BCUT2D eigenvalue weighted by Crippen LogP contribution is -2.30. The smallest absolute Gasteiger partial charge is 0.248 e. The maximum absolute atomic E-state index is 11.8. The number of hydrogen-bond acceptors (Lipinski definition) is 3. The number of amides is 1. The topological polar surface area (TPSA) is 41.5 Å². The minimum atomic E-state index is -0.662. The molecule has 1 aliphatic rings. The Balaban J connectivity index is 1.99. The van der Waals surface area contributed by atoms with Crippen molar-refractivity contribution in [2.45, 2.75) is 5.38 Å². The van der Waals surface area contributed by atoms with Crippen LogP contribution < -0.4 is 5.32 Å². The van der Waals surface area contributed by atoms with Gasteiger partial charge in [0, 0.05) is 5.75 Å². The SMILES string of the molecule is O=C(NC1=NCCS1)C(Cl)c1ccccc1. The minimum absolute atomic E-state index is 0.221. The van der Waals surface area contributed by atoms with Crippen molar-refractivity contribution in [3.05, 3.63) is 35.9 Å². The number of aliphatic imine (C=N–C) groups is 1. The summed E-state index contributed by atoms with van der Waals surface area (Å²) in [5.74, 6) is 0.703. The van der Waals surface area contributed by atoms with Crippen molar-refractivity contribution >= 4 is 34.4 Å². The Morgan fingerprint density at radius 3 is 2.81 bits per heavy atom. The first-order valence-corrected chi connectivity index (χ1v) is 6.37. The lowest BCUT2D eigenvalue weighted by molar-refractivity contribution is -0.119. The number of hydrogen-bond donors (Lipinski definition) is 1. The molecule has 0 saturated heterocycles. The van der Waals surface area contributed by atoms with Gasteiger partial charge < -0.3 is 5.32 Å². The third kappa shape index (κ3) is 2.77. The Labute approximate surface area is 103 Å². The first-order chi connectivity index (χ1) is 7.77.